The SMILES string of the molecule is CC(C)c1cnc(F)cc1F. The minimum Gasteiger partial charge on any atom is -0.228 e. The van der Waals surface area contributed by atoms with E-state index < -0.39 is 11.8 Å². The van der Waals surface area contributed by atoms with Crippen LogP contribution in [0.25, 0.3) is 0 Å². The predicted molar refractivity (Wildman–Crippen MR) is 38.2 cm³/mol. The highest BCUT2D eigenvalue weighted by Crippen LogP contribution is 2.16. The quantitative estimate of drug-likeness (QED) is 0.570. The van der Waals surface area contributed by atoms with Crippen LogP contribution in [-0.4, -0.2) is 4.98 Å². The Hall–Kier alpha value is -0.990. The van der Waals surface area contributed by atoms with Crippen molar-refractivity contribution in [1.82, 2.24) is 4.98 Å². The van der Waals surface area contributed by atoms with Gasteiger partial charge in [0.15, 0.2) is 0 Å². The Labute approximate surface area is 64.1 Å². The van der Waals surface area contributed by atoms with Crippen molar-refractivity contribution in [1.29, 1.82) is 0 Å². The highest BCUT2D eigenvalue weighted by Gasteiger charge is 2.07. The van der Waals surface area contributed by atoms with Crippen molar-refractivity contribution in [2.24, 2.45) is 0 Å². The van der Waals surface area contributed by atoms with E-state index in [0.717, 1.165) is 6.07 Å². The van der Waals surface area contributed by atoms with Crippen molar-refractivity contribution in [3.05, 3.63) is 29.6 Å². The van der Waals surface area contributed by atoms with E-state index in [4.69, 9.17) is 0 Å². The zero-order valence-electron chi connectivity index (χ0n) is 6.44. The van der Waals surface area contributed by atoms with E-state index in [1.54, 1.807) is 0 Å². The van der Waals surface area contributed by atoms with E-state index in [0.29, 0.717) is 5.56 Å². The van der Waals surface area contributed by atoms with Gasteiger partial charge in [-0.25, -0.2) is 9.37 Å². The normalized spacial score (nSPS) is 10.6. The molecule has 0 spiro atoms. The summed E-state index contributed by atoms with van der Waals surface area (Å²) in [7, 11) is 0. The van der Waals surface area contributed by atoms with Gasteiger partial charge in [0.05, 0.1) is 0 Å². The van der Waals surface area contributed by atoms with Gasteiger partial charge >= 0.3 is 0 Å². The summed E-state index contributed by atoms with van der Waals surface area (Å²) < 4.78 is 25.1. The van der Waals surface area contributed by atoms with Gasteiger partial charge in [0.25, 0.3) is 0 Å². The first-order valence-corrected chi connectivity index (χ1v) is 3.42. The van der Waals surface area contributed by atoms with Gasteiger partial charge in [0.2, 0.25) is 5.95 Å². The molecule has 0 atom stereocenters. The summed E-state index contributed by atoms with van der Waals surface area (Å²) in [5.41, 5.74) is 0.450. The lowest BCUT2D eigenvalue weighted by atomic mass is 10.1. The van der Waals surface area contributed by atoms with Crippen LogP contribution >= 0.6 is 0 Å². The summed E-state index contributed by atoms with van der Waals surface area (Å²) in [6, 6.07) is 0.801. The van der Waals surface area contributed by atoms with Gasteiger partial charge in [0.1, 0.15) is 5.82 Å². The lowest BCUT2D eigenvalue weighted by Gasteiger charge is -2.04. The summed E-state index contributed by atoms with van der Waals surface area (Å²) in [5.74, 6) is -1.25. The number of hydrogen-bond acceptors (Lipinski definition) is 1. The van der Waals surface area contributed by atoms with Crippen LogP contribution < -0.4 is 0 Å². The fourth-order valence-electron chi connectivity index (χ4n) is 0.843. The molecule has 0 bridgehead atoms. The van der Waals surface area contributed by atoms with Crippen LogP contribution in [-0.2, 0) is 0 Å². The largest absolute Gasteiger partial charge is 0.228 e. The van der Waals surface area contributed by atoms with Crippen molar-refractivity contribution < 1.29 is 8.78 Å². The van der Waals surface area contributed by atoms with E-state index in [1.807, 2.05) is 13.8 Å². The molecule has 0 aromatic carbocycles. The number of aromatic nitrogens is 1. The first-order valence-electron chi connectivity index (χ1n) is 3.42. The van der Waals surface area contributed by atoms with Gasteiger partial charge in [-0.1, -0.05) is 13.8 Å². The summed E-state index contributed by atoms with van der Waals surface area (Å²) in [6.45, 7) is 3.66. The topological polar surface area (TPSA) is 12.9 Å². The van der Waals surface area contributed by atoms with Crippen LogP contribution in [0.4, 0.5) is 8.78 Å². The predicted octanol–water partition coefficient (Wildman–Crippen LogP) is 2.48. The first-order chi connectivity index (χ1) is 5.11. The van der Waals surface area contributed by atoms with Gasteiger partial charge < -0.3 is 0 Å². The van der Waals surface area contributed by atoms with Crippen molar-refractivity contribution in [2.45, 2.75) is 19.8 Å². The van der Waals surface area contributed by atoms with E-state index in [-0.39, 0.29) is 5.92 Å². The first kappa shape index (κ1) is 8.11. The number of hydrogen-bond donors (Lipinski definition) is 0. The van der Waals surface area contributed by atoms with Crippen LogP contribution in [0, 0.1) is 11.8 Å². The van der Waals surface area contributed by atoms with E-state index in [2.05, 4.69) is 4.98 Å². The van der Waals surface area contributed by atoms with Gasteiger partial charge in [0, 0.05) is 17.8 Å². The molecule has 3 heteroatoms. The second kappa shape index (κ2) is 2.95. The molecular formula is C8H9F2N. The summed E-state index contributed by atoms with van der Waals surface area (Å²) >= 11 is 0. The Morgan fingerprint density at radius 2 is 2.00 bits per heavy atom. The molecule has 0 fully saturated rings. The molecule has 0 unspecified atom stereocenters. The molecule has 0 amide bonds. The smallest absolute Gasteiger partial charge is 0.215 e. The molecule has 1 aromatic rings. The van der Waals surface area contributed by atoms with E-state index >= 15 is 0 Å². The number of halogens is 2. The van der Waals surface area contributed by atoms with Crippen LogP contribution in [0.15, 0.2) is 12.3 Å². The average Bonchev–Trinajstić information content (AvgIpc) is 1.85. The minimum atomic E-state index is -0.771. The Morgan fingerprint density at radius 1 is 1.36 bits per heavy atom. The third-order valence-electron chi connectivity index (χ3n) is 1.47. The van der Waals surface area contributed by atoms with E-state index in [1.165, 1.54) is 6.20 Å². The number of rotatable bonds is 1. The zero-order chi connectivity index (χ0) is 8.43. The number of pyridine rings is 1. The monoisotopic (exact) mass is 157 g/mol. The molecule has 1 aromatic heterocycles. The van der Waals surface area contributed by atoms with Crippen LogP contribution in [0.1, 0.15) is 25.3 Å². The summed E-state index contributed by atoms with van der Waals surface area (Å²) in [6.07, 6.45) is 1.23. The third kappa shape index (κ3) is 1.73. The van der Waals surface area contributed by atoms with Crippen molar-refractivity contribution in [2.75, 3.05) is 0 Å². The minimum absolute atomic E-state index is 0.0445. The van der Waals surface area contributed by atoms with E-state index in [9.17, 15) is 8.78 Å². The fraction of sp³-hybridized carbons (Fsp3) is 0.375. The van der Waals surface area contributed by atoms with Gasteiger partial charge in [-0.15, -0.1) is 0 Å². The maximum Gasteiger partial charge on any atom is 0.215 e. The Balaban J connectivity index is 3.09. The Bertz CT molecular complexity index is 258. The third-order valence-corrected chi connectivity index (χ3v) is 1.47. The van der Waals surface area contributed by atoms with Crippen LogP contribution in [0.3, 0.4) is 0 Å². The van der Waals surface area contributed by atoms with Gasteiger partial charge in [-0.05, 0) is 5.92 Å². The average molecular weight is 157 g/mol. The Morgan fingerprint density at radius 3 is 2.45 bits per heavy atom. The molecular weight excluding hydrogens is 148 g/mol. The molecule has 1 nitrogen and oxygen atoms in total. The lowest BCUT2D eigenvalue weighted by molar-refractivity contribution is 0.537. The highest BCUT2D eigenvalue weighted by molar-refractivity contribution is 5.15. The molecule has 0 N–H and O–H groups in total. The molecule has 0 aliphatic heterocycles. The molecule has 0 saturated heterocycles. The maximum atomic E-state index is 12.8. The number of nitrogens with zero attached hydrogens (tertiary/aromatic N) is 1. The standard InChI is InChI=1S/C8H9F2N/c1-5(2)6-4-11-8(10)3-7(6)9/h3-5H,1-2H3. The zero-order valence-corrected chi connectivity index (χ0v) is 6.44. The fourth-order valence-corrected chi connectivity index (χ4v) is 0.843. The van der Waals surface area contributed by atoms with Crippen molar-refractivity contribution in [3.8, 4) is 0 Å². The highest BCUT2D eigenvalue weighted by atomic mass is 19.1. The molecule has 0 aliphatic carbocycles. The van der Waals surface area contributed by atoms with Gasteiger partial charge in [-0.2, -0.15) is 4.39 Å². The molecule has 1 heterocycles. The van der Waals surface area contributed by atoms with Crippen LogP contribution in [0.2, 0.25) is 0 Å². The van der Waals surface area contributed by atoms with Crippen molar-refractivity contribution >= 4 is 0 Å². The second-order valence-electron chi connectivity index (χ2n) is 2.68. The second-order valence-corrected chi connectivity index (χ2v) is 2.68. The van der Waals surface area contributed by atoms with Crippen LogP contribution in [0.5, 0.6) is 0 Å². The molecule has 11 heavy (non-hydrogen) atoms. The molecule has 0 radical (unpaired) electrons. The summed E-state index contributed by atoms with van der Waals surface area (Å²) in [5, 5.41) is 0. The van der Waals surface area contributed by atoms with Gasteiger partial charge in [-0.3, -0.25) is 0 Å². The molecule has 0 saturated carbocycles. The Kier molecular flexibility index (Phi) is 2.17. The van der Waals surface area contributed by atoms with Crippen molar-refractivity contribution in [3.63, 3.8) is 0 Å². The lowest BCUT2D eigenvalue weighted by Crippen LogP contribution is -1.95. The maximum absolute atomic E-state index is 12.8. The molecule has 60 valence electrons. The summed E-state index contributed by atoms with van der Waals surface area (Å²) in [4.78, 5) is 3.35. The molecule has 0 aliphatic rings. The molecule has 1 rings (SSSR count).